The molecule has 0 saturated heterocycles. The van der Waals surface area contributed by atoms with E-state index in [1.54, 1.807) is 0 Å². The number of fused-ring (bicyclic) bond motifs is 2. The van der Waals surface area contributed by atoms with Gasteiger partial charge < -0.3 is 4.74 Å². The molecule has 0 aromatic heterocycles. The average molecular weight is 343 g/mol. The predicted octanol–water partition coefficient (Wildman–Crippen LogP) is 2.65. The topological polar surface area (TPSA) is 12.2 Å². The summed E-state index contributed by atoms with van der Waals surface area (Å²) in [5, 5.41) is 3.69. The van der Waals surface area contributed by atoms with Crippen LogP contribution >= 0.6 is 11.6 Å². The molecule has 2 nitrogen and oxygen atoms in total. The summed E-state index contributed by atoms with van der Waals surface area (Å²) in [5.41, 5.74) is 1.32. The van der Waals surface area contributed by atoms with Gasteiger partial charge in [-0.1, -0.05) is 48.5 Å². The van der Waals surface area contributed by atoms with Gasteiger partial charge in [-0.25, -0.2) is 0 Å². The molecule has 2 aliphatic rings. The smallest absolute Gasteiger partial charge is 0.370 e. The van der Waals surface area contributed by atoms with E-state index in [1.807, 2.05) is 12.1 Å². The van der Waals surface area contributed by atoms with E-state index in [0.717, 1.165) is 23.7 Å². The van der Waals surface area contributed by atoms with Crippen LogP contribution in [0.15, 0.2) is 48.5 Å². The van der Waals surface area contributed by atoms with Gasteiger partial charge in [-0.15, -0.1) is 0 Å². The SMILES string of the molecule is CC1(C)COC2=[N+]1C[Si](C)(c1ccc(Cl)cc1)c1ccccc12. The summed E-state index contributed by atoms with van der Waals surface area (Å²) in [6.07, 6.45) is 1.05. The number of rotatable bonds is 1. The van der Waals surface area contributed by atoms with Crippen LogP contribution in [0.2, 0.25) is 11.6 Å². The summed E-state index contributed by atoms with van der Waals surface area (Å²) in [6.45, 7) is 7.75. The molecule has 2 aromatic rings. The molecule has 4 heteroatoms. The molecule has 1 unspecified atom stereocenters. The maximum atomic E-state index is 6.11. The number of benzene rings is 2. The van der Waals surface area contributed by atoms with Crippen molar-refractivity contribution in [3.8, 4) is 0 Å². The van der Waals surface area contributed by atoms with Gasteiger partial charge in [0.1, 0.15) is 6.17 Å². The highest BCUT2D eigenvalue weighted by Gasteiger charge is 2.53. The van der Waals surface area contributed by atoms with Crippen LogP contribution < -0.4 is 10.4 Å². The Balaban J connectivity index is 1.95. The first-order valence-electron chi connectivity index (χ1n) is 8.05. The lowest BCUT2D eigenvalue weighted by Gasteiger charge is -2.32. The van der Waals surface area contributed by atoms with Crippen molar-refractivity contribution in [1.82, 2.24) is 0 Å². The van der Waals surface area contributed by atoms with Gasteiger partial charge in [0.25, 0.3) is 0 Å². The van der Waals surface area contributed by atoms with Crippen LogP contribution in [0.3, 0.4) is 0 Å². The van der Waals surface area contributed by atoms with Crippen LogP contribution in [0.4, 0.5) is 0 Å². The second-order valence-corrected chi connectivity index (χ2v) is 11.9. The number of hydrogen-bond acceptors (Lipinski definition) is 1. The lowest BCUT2D eigenvalue weighted by molar-refractivity contribution is -0.575. The normalized spacial score (nSPS) is 24.9. The highest BCUT2D eigenvalue weighted by molar-refractivity contribution is 7.02. The Morgan fingerprint density at radius 1 is 1.09 bits per heavy atom. The van der Waals surface area contributed by atoms with Gasteiger partial charge in [0.2, 0.25) is 0 Å². The van der Waals surface area contributed by atoms with Gasteiger partial charge in [-0.2, -0.15) is 4.58 Å². The van der Waals surface area contributed by atoms with Crippen LogP contribution in [0.1, 0.15) is 19.4 Å². The van der Waals surface area contributed by atoms with E-state index in [-0.39, 0.29) is 5.54 Å². The highest BCUT2D eigenvalue weighted by Crippen LogP contribution is 2.27. The van der Waals surface area contributed by atoms with Gasteiger partial charge in [0.05, 0.1) is 5.56 Å². The molecule has 0 fully saturated rings. The zero-order chi connectivity index (χ0) is 16.2. The lowest BCUT2D eigenvalue weighted by Crippen LogP contribution is -2.67. The average Bonchev–Trinajstić information content (AvgIpc) is 2.83. The molecule has 0 bridgehead atoms. The van der Waals surface area contributed by atoms with E-state index < -0.39 is 8.07 Å². The van der Waals surface area contributed by atoms with E-state index in [9.17, 15) is 0 Å². The number of nitrogens with zero attached hydrogens (tertiary/aromatic N) is 1. The van der Waals surface area contributed by atoms with Crippen molar-refractivity contribution in [3.05, 3.63) is 59.1 Å². The monoisotopic (exact) mass is 342 g/mol. The second kappa shape index (κ2) is 4.95. The Kier molecular flexibility index (Phi) is 3.23. The maximum absolute atomic E-state index is 6.11. The first-order valence-corrected chi connectivity index (χ1v) is 11.1. The molecule has 0 saturated carbocycles. The Labute approximate surface area is 143 Å². The summed E-state index contributed by atoms with van der Waals surface area (Å²) >= 11 is 6.11. The summed E-state index contributed by atoms with van der Waals surface area (Å²) in [6, 6.07) is 17.2. The number of ether oxygens (including phenoxy) is 1. The summed E-state index contributed by atoms with van der Waals surface area (Å²) in [4.78, 5) is 0. The van der Waals surface area contributed by atoms with Crippen molar-refractivity contribution >= 4 is 35.9 Å². The zero-order valence-corrected chi connectivity index (χ0v) is 15.5. The van der Waals surface area contributed by atoms with Crippen LogP contribution in [0.5, 0.6) is 0 Å². The third-order valence-electron chi connectivity index (χ3n) is 5.25. The van der Waals surface area contributed by atoms with Crippen molar-refractivity contribution in [3.63, 3.8) is 0 Å². The molecule has 2 heterocycles. The minimum Gasteiger partial charge on any atom is -0.437 e. The molecule has 0 N–H and O–H groups in total. The molecular weight excluding hydrogens is 322 g/mol. The van der Waals surface area contributed by atoms with Crippen LogP contribution in [0.25, 0.3) is 0 Å². The van der Waals surface area contributed by atoms with Crippen molar-refractivity contribution < 1.29 is 9.31 Å². The largest absolute Gasteiger partial charge is 0.437 e. The van der Waals surface area contributed by atoms with E-state index in [1.165, 1.54) is 15.9 Å². The molecule has 23 heavy (non-hydrogen) atoms. The van der Waals surface area contributed by atoms with Crippen molar-refractivity contribution in [1.29, 1.82) is 0 Å². The minimum atomic E-state index is -1.86. The van der Waals surface area contributed by atoms with Crippen LogP contribution in [0, 0.1) is 0 Å². The summed E-state index contributed by atoms with van der Waals surface area (Å²) in [5.74, 6) is 1.06. The predicted molar refractivity (Wildman–Crippen MR) is 98.0 cm³/mol. The Bertz CT molecular complexity index is 812. The van der Waals surface area contributed by atoms with Gasteiger partial charge in [-0.3, -0.25) is 0 Å². The van der Waals surface area contributed by atoms with Crippen molar-refractivity contribution in [2.75, 3.05) is 12.8 Å². The van der Waals surface area contributed by atoms with Crippen LogP contribution in [-0.2, 0) is 4.74 Å². The third kappa shape index (κ3) is 2.18. The zero-order valence-electron chi connectivity index (χ0n) is 13.8. The molecule has 1 atom stereocenters. The molecule has 2 aromatic carbocycles. The summed E-state index contributed by atoms with van der Waals surface area (Å²) < 4.78 is 8.57. The highest BCUT2D eigenvalue weighted by atomic mass is 35.5. The Morgan fingerprint density at radius 3 is 2.52 bits per heavy atom. The molecule has 118 valence electrons. The van der Waals surface area contributed by atoms with Crippen molar-refractivity contribution in [2.45, 2.75) is 25.9 Å². The fraction of sp³-hybridized carbons (Fsp3) is 0.316. The molecule has 2 aliphatic heterocycles. The maximum Gasteiger partial charge on any atom is 0.370 e. The first kappa shape index (κ1) is 15.0. The van der Waals surface area contributed by atoms with E-state index in [0.29, 0.717) is 0 Å². The molecule has 0 radical (unpaired) electrons. The third-order valence-corrected chi connectivity index (χ3v) is 9.68. The molecule has 0 amide bonds. The Morgan fingerprint density at radius 2 is 1.78 bits per heavy atom. The fourth-order valence-corrected chi connectivity index (χ4v) is 7.95. The first-order chi connectivity index (χ1) is 10.9. The van der Waals surface area contributed by atoms with Crippen molar-refractivity contribution in [2.24, 2.45) is 0 Å². The van der Waals surface area contributed by atoms with Gasteiger partial charge in [0, 0.05) is 18.9 Å². The van der Waals surface area contributed by atoms with E-state index in [2.05, 4.69) is 61.4 Å². The lowest BCUT2D eigenvalue weighted by atomic mass is 10.1. The van der Waals surface area contributed by atoms with Crippen LogP contribution in [-0.4, -0.2) is 36.9 Å². The van der Waals surface area contributed by atoms with E-state index in [4.69, 9.17) is 16.3 Å². The minimum absolute atomic E-state index is 0.0452. The number of hydrogen-bond donors (Lipinski definition) is 0. The van der Waals surface area contributed by atoms with Gasteiger partial charge in [0.15, 0.2) is 20.2 Å². The standard InChI is InChI=1S/C19H21ClNOSi/c1-19(2)12-22-18-16-6-4-5-7-17(16)23(3,13-21(18)19)15-10-8-14(20)9-11-15/h4-11H,12-13H2,1-3H3/q+1. The quantitative estimate of drug-likeness (QED) is 0.573. The molecule has 4 rings (SSSR count). The van der Waals surface area contributed by atoms with Gasteiger partial charge in [-0.05, 0) is 28.6 Å². The number of halogens is 1. The summed E-state index contributed by atoms with van der Waals surface area (Å²) in [7, 11) is -1.86. The molecular formula is C19H21ClNOSi+. The molecule has 0 aliphatic carbocycles. The second-order valence-electron chi connectivity index (χ2n) is 7.38. The van der Waals surface area contributed by atoms with E-state index >= 15 is 0 Å². The Hall–Kier alpha value is -1.58. The fourth-order valence-electron chi connectivity index (χ4n) is 3.80. The van der Waals surface area contributed by atoms with Gasteiger partial charge >= 0.3 is 5.90 Å². The molecule has 0 spiro atoms.